The molecular weight excluding hydrogens is 314 g/mol. The molecule has 0 aromatic carbocycles. The Morgan fingerprint density at radius 2 is 2.48 bits per heavy atom. The molecule has 0 radical (unpaired) electrons. The molecule has 2 aliphatic rings. The lowest BCUT2D eigenvalue weighted by Crippen LogP contribution is -2.43. The molecule has 2 aliphatic heterocycles. The molecule has 4 rings (SSSR count). The molecular formula is C16H19N3O3S. The van der Waals surface area contributed by atoms with Gasteiger partial charge in [0.1, 0.15) is 0 Å². The summed E-state index contributed by atoms with van der Waals surface area (Å²) in [7, 11) is 0. The van der Waals surface area contributed by atoms with Crippen LogP contribution in [0.2, 0.25) is 0 Å². The molecule has 23 heavy (non-hydrogen) atoms. The van der Waals surface area contributed by atoms with Gasteiger partial charge in [-0.25, -0.2) is 0 Å². The number of hydrogen-bond donors (Lipinski definition) is 1. The number of nitrogens with zero attached hydrogens (tertiary/aromatic N) is 2. The Balaban J connectivity index is 1.40. The van der Waals surface area contributed by atoms with E-state index in [2.05, 4.69) is 32.9 Å². The molecule has 4 heterocycles. The Kier molecular flexibility index (Phi) is 3.92. The van der Waals surface area contributed by atoms with Crippen LogP contribution in [0.15, 0.2) is 34.3 Å². The van der Waals surface area contributed by atoms with E-state index in [0.717, 1.165) is 26.2 Å². The predicted octanol–water partition coefficient (Wildman–Crippen LogP) is 1.61. The fourth-order valence-electron chi connectivity index (χ4n) is 3.61. The molecule has 0 unspecified atom stereocenters. The van der Waals surface area contributed by atoms with Crippen LogP contribution in [0.5, 0.6) is 0 Å². The van der Waals surface area contributed by atoms with Crippen LogP contribution in [0.25, 0.3) is 0 Å². The molecule has 6 nitrogen and oxygen atoms in total. The van der Waals surface area contributed by atoms with Crippen LogP contribution >= 0.6 is 11.3 Å². The van der Waals surface area contributed by atoms with Crippen LogP contribution in [0.4, 0.5) is 0 Å². The number of hydrogen-bond acceptors (Lipinski definition) is 6. The van der Waals surface area contributed by atoms with Gasteiger partial charge >= 0.3 is 0 Å². The summed E-state index contributed by atoms with van der Waals surface area (Å²) in [6.45, 7) is 5.04. The average Bonchev–Trinajstić information content (AvgIpc) is 3.29. The normalized spacial score (nSPS) is 27.2. The third-order valence-corrected chi connectivity index (χ3v) is 5.67. The first-order valence-corrected chi connectivity index (χ1v) is 8.64. The third kappa shape index (κ3) is 2.91. The molecule has 0 bridgehead atoms. The Morgan fingerprint density at radius 3 is 3.26 bits per heavy atom. The second-order valence-corrected chi connectivity index (χ2v) is 7.42. The summed E-state index contributed by atoms with van der Waals surface area (Å²) in [5.41, 5.74) is 0.00689. The average molecular weight is 333 g/mol. The Bertz CT molecular complexity index is 658. The fourth-order valence-corrected chi connectivity index (χ4v) is 4.36. The number of amides is 1. The van der Waals surface area contributed by atoms with Crippen molar-refractivity contribution in [1.82, 2.24) is 15.4 Å². The van der Waals surface area contributed by atoms with Gasteiger partial charge in [0.2, 0.25) is 5.76 Å². The second-order valence-electron chi connectivity index (χ2n) is 6.38. The summed E-state index contributed by atoms with van der Waals surface area (Å²) >= 11 is 1.79. The summed E-state index contributed by atoms with van der Waals surface area (Å²) in [6.07, 6.45) is 1.48. The fraction of sp³-hybridized carbons (Fsp3) is 0.500. The smallest absolute Gasteiger partial charge is 0.289 e. The van der Waals surface area contributed by atoms with Crippen LogP contribution in [0.3, 0.4) is 0 Å². The van der Waals surface area contributed by atoms with Crippen molar-refractivity contribution in [1.29, 1.82) is 0 Å². The van der Waals surface area contributed by atoms with Gasteiger partial charge < -0.3 is 14.6 Å². The molecule has 2 saturated heterocycles. The first-order valence-electron chi connectivity index (χ1n) is 7.77. The van der Waals surface area contributed by atoms with E-state index in [1.807, 2.05) is 0 Å². The molecule has 2 fully saturated rings. The van der Waals surface area contributed by atoms with Gasteiger partial charge in [-0.1, -0.05) is 11.2 Å². The maximum absolute atomic E-state index is 12.1. The first-order chi connectivity index (χ1) is 11.3. The van der Waals surface area contributed by atoms with Crippen molar-refractivity contribution >= 4 is 17.2 Å². The second kappa shape index (κ2) is 6.07. The zero-order valence-corrected chi connectivity index (χ0v) is 13.6. The van der Waals surface area contributed by atoms with E-state index >= 15 is 0 Å². The van der Waals surface area contributed by atoms with Crippen LogP contribution in [0, 0.1) is 11.3 Å². The van der Waals surface area contributed by atoms with Gasteiger partial charge in [-0.05, 0) is 11.4 Å². The quantitative estimate of drug-likeness (QED) is 0.900. The minimum Gasteiger partial charge on any atom is -0.380 e. The zero-order chi connectivity index (χ0) is 15.7. The number of carbonyl (C=O) groups excluding carboxylic acids is 1. The van der Waals surface area contributed by atoms with E-state index < -0.39 is 0 Å². The molecule has 0 aliphatic carbocycles. The van der Waals surface area contributed by atoms with Gasteiger partial charge in [-0.2, -0.15) is 0 Å². The first kappa shape index (κ1) is 14.9. The van der Waals surface area contributed by atoms with E-state index in [0.29, 0.717) is 19.1 Å². The summed E-state index contributed by atoms with van der Waals surface area (Å²) in [6, 6.07) is 5.84. The molecule has 1 N–H and O–H groups in total. The lowest BCUT2D eigenvalue weighted by atomic mass is 9.81. The van der Waals surface area contributed by atoms with Crippen molar-refractivity contribution in [3.05, 3.63) is 40.4 Å². The maximum Gasteiger partial charge on any atom is 0.289 e. The van der Waals surface area contributed by atoms with E-state index in [1.54, 1.807) is 17.4 Å². The minimum atomic E-state index is -0.209. The molecule has 2 aromatic heterocycles. The van der Waals surface area contributed by atoms with Crippen molar-refractivity contribution in [2.24, 2.45) is 11.3 Å². The zero-order valence-electron chi connectivity index (χ0n) is 12.7. The van der Waals surface area contributed by atoms with Gasteiger partial charge in [0.15, 0.2) is 0 Å². The molecule has 1 amide bonds. The highest BCUT2D eigenvalue weighted by Gasteiger charge is 2.50. The van der Waals surface area contributed by atoms with E-state index in [-0.39, 0.29) is 17.1 Å². The van der Waals surface area contributed by atoms with Crippen molar-refractivity contribution in [2.45, 2.75) is 6.54 Å². The molecule has 0 spiro atoms. The summed E-state index contributed by atoms with van der Waals surface area (Å²) < 4.78 is 10.6. The molecule has 2 atom stereocenters. The van der Waals surface area contributed by atoms with Crippen molar-refractivity contribution in [3.63, 3.8) is 0 Å². The van der Waals surface area contributed by atoms with E-state index in [4.69, 9.17) is 9.26 Å². The number of rotatable bonds is 5. The standard InChI is InChI=1S/C16H19N3O3S/c20-15(14-3-4-18-22-14)17-9-16-10-19(6-12(16)8-21-11-16)7-13-2-1-5-23-13/h1-5,12H,6-11H2,(H,17,20)/t12-,16+/m1/s1. The number of fused-ring (bicyclic) bond motifs is 1. The number of carbonyl (C=O) groups is 1. The van der Waals surface area contributed by atoms with Gasteiger partial charge in [-0.15, -0.1) is 11.3 Å². The monoisotopic (exact) mass is 333 g/mol. The maximum atomic E-state index is 12.1. The predicted molar refractivity (Wildman–Crippen MR) is 85.2 cm³/mol. The van der Waals surface area contributed by atoms with Gasteiger partial charge in [0, 0.05) is 48.5 Å². The topological polar surface area (TPSA) is 67.6 Å². The van der Waals surface area contributed by atoms with Crippen LogP contribution in [-0.2, 0) is 11.3 Å². The summed E-state index contributed by atoms with van der Waals surface area (Å²) in [5.74, 6) is 0.516. The van der Waals surface area contributed by atoms with E-state index in [9.17, 15) is 4.79 Å². The minimum absolute atomic E-state index is 0.00689. The number of thiophene rings is 1. The number of ether oxygens (including phenoxy) is 1. The van der Waals surface area contributed by atoms with E-state index in [1.165, 1.54) is 11.1 Å². The Morgan fingerprint density at radius 1 is 1.52 bits per heavy atom. The van der Waals surface area contributed by atoms with Crippen molar-refractivity contribution in [3.8, 4) is 0 Å². The molecule has 2 aromatic rings. The Hall–Kier alpha value is -1.70. The number of nitrogens with one attached hydrogen (secondary N) is 1. The third-order valence-electron chi connectivity index (χ3n) is 4.81. The summed E-state index contributed by atoms with van der Waals surface area (Å²) in [4.78, 5) is 15.9. The highest BCUT2D eigenvalue weighted by molar-refractivity contribution is 7.09. The van der Waals surface area contributed by atoms with Gasteiger partial charge in [0.05, 0.1) is 19.4 Å². The van der Waals surface area contributed by atoms with Crippen LogP contribution < -0.4 is 5.32 Å². The summed E-state index contributed by atoms with van der Waals surface area (Å²) in [5, 5.41) is 8.68. The SMILES string of the molecule is O=C(NC[C@]12COC[C@H]1CN(Cc1cccs1)C2)c1ccno1. The van der Waals surface area contributed by atoms with Crippen LogP contribution in [-0.4, -0.2) is 48.8 Å². The van der Waals surface area contributed by atoms with Crippen molar-refractivity contribution < 1.29 is 14.1 Å². The Labute approximate surface area is 138 Å². The number of likely N-dealkylation sites (tertiary alicyclic amines) is 1. The highest BCUT2D eigenvalue weighted by Crippen LogP contribution is 2.41. The highest BCUT2D eigenvalue weighted by atomic mass is 32.1. The van der Waals surface area contributed by atoms with Crippen LogP contribution in [0.1, 0.15) is 15.4 Å². The van der Waals surface area contributed by atoms with Crippen molar-refractivity contribution in [2.75, 3.05) is 32.8 Å². The molecule has 0 saturated carbocycles. The number of aromatic nitrogens is 1. The largest absolute Gasteiger partial charge is 0.380 e. The lowest BCUT2D eigenvalue weighted by molar-refractivity contribution is 0.0869. The molecule has 122 valence electrons. The van der Waals surface area contributed by atoms with Gasteiger partial charge in [0.25, 0.3) is 5.91 Å². The molecule has 7 heteroatoms. The lowest BCUT2D eigenvalue weighted by Gasteiger charge is -2.27. The van der Waals surface area contributed by atoms with Gasteiger partial charge in [-0.3, -0.25) is 9.69 Å².